The number of hydrogen-bond donors (Lipinski definition) is 0. The Hall–Kier alpha value is -1.29. The Morgan fingerprint density at radius 2 is 1.93 bits per heavy atom. The highest BCUT2D eigenvalue weighted by molar-refractivity contribution is 9.10. The number of carbonyl (C=O) groups is 1. The SMILES string of the molecule is Cc1nc(CC(C)C)sc1C(=O)N1CCN(S(=O)(=O)c2cccc(Br)c2)CC1. The molecule has 1 saturated heterocycles. The van der Waals surface area contributed by atoms with Crippen LogP contribution in [0.25, 0.3) is 0 Å². The largest absolute Gasteiger partial charge is 0.335 e. The van der Waals surface area contributed by atoms with E-state index in [2.05, 4.69) is 34.8 Å². The van der Waals surface area contributed by atoms with Crippen molar-refractivity contribution in [2.45, 2.75) is 32.1 Å². The van der Waals surface area contributed by atoms with Crippen molar-refractivity contribution in [1.29, 1.82) is 0 Å². The van der Waals surface area contributed by atoms with E-state index < -0.39 is 10.0 Å². The molecule has 2 heterocycles. The van der Waals surface area contributed by atoms with E-state index in [0.29, 0.717) is 23.9 Å². The van der Waals surface area contributed by atoms with E-state index in [0.717, 1.165) is 21.6 Å². The first-order chi connectivity index (χ1) is 13.2. The molecule has 1 aliphatic rings. The number of aryl methyl sites for hydroxylation is 1. The van der Waals surface area contributed by atoms with Gasteiger partial charge in [-0.05, 0) is 31.0 Å². The fourth-order valence-electron chi connectivity index (χ4n) is 3.14. The molecule has 1 amide bonds. The minimum atomic E-state index is -3.56. The molecule has 28 heavy (non-hydrogen) atoms. The minimum absolute atomic E-state index is 0.0514. The van der Waals surface area contributed by atoms with E-state index in [1.54, 1.807) is 29.2 Å². The van der Waals surface area contributed by atoms with Crippen LogP contribution in [0.5, 0.6) is 0 Å². The molecule has 0 radical (unpaired) electrons. The van der Waals surface area contributed by atoms with Crippen molar-refractivity contribution in [2.24, 2.45) is 5.92 Å². The minimum Gasteiger partial charge on any atom is -0.335 e. The summed E-state index contributed by atoms with van der Waals surface area (Å²) in [7, 11) is -3.56. The van der Waals surface area contributed by atoms with Crippen LogP contribution in [0, 0.1) is 12.8 Å². The molecule has 2 aromatic rings. The van der Waals surface area contributed by atoms with E-state index >= 15 is 0 Å². The first-order valence-corrected chi connectivity index (χ1v) is 12.2. The summed E-state index contributed by atoms with van der Waals surface area (Å²) < 4.78 is 27.8. The van der Waals surface area contributed by atoms with Gasteiger partial charge >= 0.3 is 0 Å². The Morgan fingerprint density at radius 3 is 2.54 bits per heavy atom. The molecule has 0 N–H and O–H groups in total. The van der Waals surface area contributed by atoms with Gasteiger partial charge in [0.25, 0.3) is 5.91 Å². The second-order valence-corrected chi connectivity index (χ2v) is 11.2. The Kier molecular flexibility index (Phi) is 6.58. The fourth-order valence-corrected chi connectivity index (χ4v) is 6.40. The van der Waals surface area contributed by atoms with Gasteiger partial charge in [0.15, 0.2) is 0 Å². The number of aromatic nitrogens is 1. The van der Waals surface area contributed by atoms with Crippen LogP contribution in [-0.4, -0.2) is 54.7 Å². The molecule has 1 aliphatic heterocycles. The predicted molar refractivity (Wildman–Crippen MR) is 114 cm³/mol. The van der Waals surface area contributed by atoms with Crippen LogP contribution < -0.4 is 0 Å². The standard InChI is InChI=1S/C19H24BrN3O3S2/c1-13(2)11-17-21-14(3)18(27-17)19(24)22-7-9-23(10-8-22)28(25,26)16-6-4-5-15(20)12-16/h4-6,12-13H,7-11H2,1-3H3. The second-order valence-electron chi connectivity index (χ2n) is 7.27. The Labute approximate surface area is 178 Å². The first kappa shape index (κ1) is 21.4. The van der Waals surface area contributed by atoms with Crippen molar-refractivity contribution in [3.05, 3.63) is 44.3 Å². The van der Waals surface area contributed by atoms with Crippen molar-refractivity contribution in [1.82, 2.24) is 14.2 Å². The monoisotopic (exact) mass is 485 g/mol. The molecule has 1 aromatic heterocycles. The Balaban J connectivity index is 1.68. The highest BCUT2D eigenvalue weighted by Crippen LogP contribution is 2.25. The van der Waals surface area contributed by atoms with Crippen LogP contribution in [0.4, 0.5) is 0 Å². The lowest BCUT2D eigenvalue weighted by atomic mass is 10.1. The third kappa shape index (κ3) is 4.64. The van der Waals surface area contributed by atoms with Crippen LogP contribution in [0.3, 0.4) is 0 Å². The maximum absolute atomic E-state index is 12.9. The van der Waals surface area contributed by atoms with E-state index in [4.69, 9.17) is 0 Å². The van der Waals surface area contributed by atoms with Crippen molar-refractivity contribution >= 4 is 43.2 Å². The first-order valence-electron chi connectivity index (χ1n) is 9.19. The van der Waals surface area contributed by atoms with Gasteiger partial charge in [-0.25, -0.2) is 13.4 Å². The Morgan fingerprint density at radius 1 is 1.25 bits per heavy atom. The van der Waals surface area contributed by atoms with Gasteiger partial charge in [0.1, 0.15) is 4.88 Å². The summed E-state index contributed by atoms with van der Waals surface area (Å²) in [6.45, 7) is 7.45. The van der Waals surface area contributed by atoms with Crippen molar-refractivity contribution in [3.63, 3.8) is 0 Å². The predicted octanol–water partition coefficient (Wildman–Crippen LogP) is 3.56. The molecule has 9 heteroatoms. The fraction of sp³-hybridized carbons (Fsp3) is 0.474. The summed E-state index contributed by atoms with van der Waals surface area (Å²) in [4.78, 5) is 20.1. The third-order valence-corrected chi connectivity index (χ3v) is 8.13. The molecule has 1 fully saturated rings. The molecule has 152 valence electrons. The third-order valence-electron chi connectivity index (χ3n) is 4.58. The van der Waals surface area contributed by atoms with Gasteiger partial charge in [0, 0.05) is 37.1 Å². The number of thiazole rings is 1. The smallest absolute Gasteiger partial charge is 0.265 e. The lowest BCUT2D eigenvalue weighted by Crippen LogP contribution is -2.50. The summed E-state index contributed by atoms with van der Waals surface area (Å²) in [5.41, 5.74) is 0.759. The quantitative estimate of drug-likeness (QED) is 0.648. The van der Waals surface area contributed by atoms with Gasteiger partial charge in [0.05, 0.1) is 15.6 Å². The van der Waals surface area contributed by atoms with Crippen LogP contribution in [-0.2, 0) is 16.4 Å². The summed E-state index contributed by atoms with van der Waals surface area (Å²) >= 11 is 4.77. The molecule has 0 unspecified atom stereocenters. The molecule has 3 rings (SSSR count). The molecular weight excluding hydrogens is 462 g/mol. The van der Waals surface area contributed by atoms with Crippen LogP contribution in [0.1, 0.15) is 34.2 Å². The van der Waals surface area contributed by atoms with Crippen molar-refractivity contribution < 1.29 is 13.2 Å². The molecule has 1 aromatic carbocycles. The number of piperazine rings is 1. The molecule has 0 saturated carbocycles. The number of benzene rings is 1. The molecule has 0 atom stereocenters. The van der Waals surface area contributed by atoms with Gasteiger partial charge in [-0.3, -0.25) is 4.79 Å². The number of carbonyl (C=O) groups excluding carboxylic acids is 1. The lowest BCUT2D eigenvalue weighted by Gasteiger charge is -2.33. The van der Waals surface area contributed by atoms with Gasteiger partial charge in [-0.15, -0.1) is 11.3 Å². The molecular formula is C19H24BrN3O3S2. The zero-order valence-corrected chi connectivity index (χ0v) is 19.4. The highest BCUT2D eigenvalue weighted by Gasteiger charge is 2.31. The number of sulfonamides is 1. The lowest BCUT2D eigenvalue weighted by molar-refractivity contribution is 0.0702. The highest BCUT2D eigenvalue weighted by atomic mass is 79.9. The number of nitrogens with zero attached hydrogens (tertiary/aromatic N) is 3. The van der Waals surface area contributed by atoms with E-state index in [1.165, 1.54) is 15.6 Å². The van der Waals surface area contributed by atoms with Crippen LogP contribution in [0.15, 0.2) is 33.6 Å². The van der Waals surface area contributed by atoms with E-state index in [1.807, 2.05) is 6.92 Å². The normalized spacial score (nSPS) is 16.0. The van der Waals surface area contributed by atoms with Crippen LogP contribution >= 0.6 is 27.3 Å². The number of halogens is 1. The summed E-state index contributed by atoms with van der Waals surface area (Å²) in [6, 6.07) is 6.69. The molecule has 0 aliphatic carbocycles. The summed E-state index contributed by atoms with van der Waals surface area (Å²) in [6.07, 6.45) is 0.859. The van der Waals surface area contributed by atoms with E-state index in [-0.39, 0.29) is 23.9 Å². The Bertz CT molecular complexity index is 965. The molecule has 6 nitrogen and oxygen atoms in total. The number of amides is 1. The van der Waals surface area contributed by atoms with Crippen molar-refractivity contribution in [2.75, 3.05) is 26.2 Å². The number of rotatable bonds is 5. The topological polar surface area (TPSA) is 70.6 Å². The van der Waals surface area contributed by atoms with Crippen LogP contribution in [0.2, 0.25) is 0 Å². The molecule has 0 bridgehead atoms. The summed E-state index contributed by atoms with van der Waals surface area (Å²) in [5, 5.41) is 0.978. The van der Waals surface area contributed by atoms with E-state index in [9.17, 15) is 13.2 Å². The van der Waals surface area contributed by atoms with Gasteiger partial charge in [-0.1, -0.05) is 35.8 Å². The van der Waals surface area contributed by atoms with Gasteiger partial charge in [0.2, 0.25) is 10.0 Å². The van der Waals surface area contributed by atoms with Gasteiger partial charge in [-0.2, -0.15) is 4.31 Å². The maximum Gasteiger partial charge on any atom is 0.265 e. The summed E-state index contributed by atoms with van der Waals surface area (Å²) in [5.74, 6) is 0.435. The van der Waals surface area contributed by atoms with Crippen molar-refractivity contribution in [3.8, 4) is 0 Å². The maximum atomic E-state index is 12.9. The number of hydrogen-bond acceptors (Lipinski definition) is 5. The molecule has 0 spiro atoms. The zero-order valence-electron chi connectivity index (χ0n) is 16.2. The zero-order chi connectivity index (χ0) is 20.5. The average molecular weight is 486 g/mol. The van der Waals surface area contributed by atoms with Gasteiger partial charge < -0.3 is 4.90 Å². The average Bonchev–Trinajstić information content (AvgIpc) is 3.00. The second kappa shape index (κ2) is 8.61.